The summed E-state index contributed by atoms with van der Waals surface area (Å²) in [6.07, 6.45) is -4.90. The fourth-order valence-electron chi connectivity index (χ4n) is 3.69. The molecular weight excluding hydrogens is 585 g/mol. The van der Waals surface area contributed by atoms with Gasteiger partial charge in [-0.2, -0.15) is 13.2 Å². The lowest BCUT2D eigenvalue weighted by Gasteiger charge is -2.17. The van der Waals surface area contributed by atoms with Crippen LogP contribution in [0.1, 0.15) is 53.4 Å². The zero-order valence-corrected chi connectivity index (χ0v) is 23.4. The molecule has 0 saturated carbocycles. The Bertz CT molecular complexity index is 1620. The van der Waals surface area contributed by atoms with Crippen LogP contribution in [0.4, 0.5) is 27.6 Å². The van der Waals surface area contributed by atoms with Gasteiger partial charge in [0, 0.05) is 28.8 Å². The highest BCUT2D eigenvalue weighted by Gasteiger charge is 2.32. The monoisotopic (exact) mass is 607 g/mol. The molecule has 0 unspecified atom stereocenters. The van der Waals surface area contributed by atoms with E-state index in [0.29, 0.717) is 12.1 Å². The van der Waals surface area contributed by atoms with E-state index in [1.165, 1.54) is 38.1 Å². The molecule has 0 saturated heterocycles. The molecule has 1 amide bonds. The van der Waals surface area contributed by atoms with Crippen LogP contribution in [-0.4, -0.2) is 29.9 Å². The van der Waals surface area contributed by atoms with E-state index in [4.69, 9.17) is 21.1 Å². The molecule has 0 fully saturated rings. The van der Waals surface area contributed by atoms with E-state index < -0.39 is 58.8 Å². The summed E-state index contributed by atoms with van der Waals surface area (Å²) in [7, 11) is 0. The first-order valence-corrected chi connectivity index (χ1v) is 12.5. The van der Waals surface area contributed by atoms with Gasteiger partial charge in [-0.3, -0.25) is 14.4 Å². The average Bonchev–Trinajstić information content (AvgIpc) is 2.88. The van der Waals surface area contributed by atoms with E-state index in [9.17, 15) is 36.3 Å². The Morgan fingerprint density at radius 1 is 1.00 bits per heavy atom. The van der Waals surface area contributed by atoms with Crippen molar-refractivity contribution in [3.05, 3.63) is 93.0 Å². The van der Waals surface area contributed by atoms with Crippen LogP contribution >= 0.6 is 11.6 Å². The van der Waals surface area contributed by atoms with Gasteiger partial charge >= 0.3 is 12.1 Å². The Balaban J connectivity index is 1.78. The molecule has 6 nitrogen and oxygen atoms in total. The molecule has 12 heteroatoms. The van der Waals surface area contributed by atoms with Gasteiger partial charge in [-0.05, 0) is 69.3 Å². The normalized spacial score (nSPS) is 11.3. The predicted octanol–water partition coefficient (Wildman–Crippen LogP) is 6.89. The zero-order chi connectivity index (χ0) is 31.4. The van der Waals surface area contributed by atoms with Gasteiger partial charge in [0.1, 0.15) is 17.4 Å². The standard InChI is InChI=1S/C30H23ClF5NO5/c1-16-24(7-5-18(27(16)33)9-10-29(3,4)42-17(2)38)37-26(39)15-41-25-8-6-21(31)14-23(25)28(40)19-11-20(30(34,35)36)13-22(32)12-19/h5-8,11-14H,15H2,1-4H3,(H,37,39). The molecule has 0 aliphatic carbocycles. The Hall–Kier alpha value is -4.43. The highest BCUT2D eigenvalue weighted by molar-refractivity contribution is 6.31. The Morgan fingerprint density at radius 2 is 1.69 bits per heavy atom. The highest BCUT2D eigenvalue weighted by Crippen LogP contribution is 2.32. The second-order valence-corrected chi connectivity index (χ2v) is 9.92. The molecule has 0 heterocycles. The van der Waals surface area contributed by atoms with Crippen LogP contribution in [0, 0.1) is 30.4 Å². The number of esters is 1. The Kier molecular flexibility index (Phi) is 9.64. The van der Waals surface area contributed by atoms with Gasteiger partial charge in [0.25, 0.3) is 5.91 Å². The number of ketones is 1. The molecule has 0 bridgehead atoms. The van der Waals surface area contributed by atoms with Crippen molar-refractivity contribution in [2.45, 2.75) is 39.5 Å². The first-order valence-electron chi connectivity index (χ1n) is 12.1. The molecule has 1 N–H and O–H groups in total. The maximum absolute atomic E-state index is 14.9. The lowest BCUT2D eigenvalue weighted by molar-refractivity contribution is -0.149. The van der Waals surface area contributed by atoms with Crippen LogP contribution in [0.15, 0.2) is 48.5 Å². The summed E-state index contributed by atoms with van der Waals surface area (Å²) in [5, 5.41) is 2.50. The van der Waals surface area contributed by atoms with Crippen LogP contribution in [0.2, 0.25) is 5.02 Å². The molecule has 3 aromatic carbocycles. The third-order valence-corrected chi connectivity index (χ3v) is 5.82. The van der Waals surface area contributed by atoms with Gasteiger partial charge < -0.3 is 14.8 Å². The number of carbonyl (C=O) groups excluding carboxylic acids is 3. The molecule has 42 heavy (non-hydrogen) atoms. The number of hydrogen-bond acceptors (Lipinski definition) is 5. The van der Waals surface area contributed by atoms with Crippen molar-refractivity contribution in [1.82, 2.24) is 0 Å². The van der Waals surface area contributed by atoms with Crippen molar-refractivity contribution < 1.29 is 45.8 Å². The molecule has 0 aromatic heterocycles. The first kappa shape index (κ1) is 32.1. The maximum Gasteiger partial charge on any atom is 0.416 e. The number of benzene rings is 3. The van der Waals surface area contributed by atoms with Crippen LogP contribution in [0.3, 0.4) is 0 Å². The number of carbonyl (C=O) groups is 3. The van der Waals surface area contributed by atoms with Crippen molar-refractivity contribution in [1.29, 1.82) is 0 Å². The minimum absolute atomic E-state index is 0.00248. The molecule has 0 atom stereocenters. The van der Waals surface area contributed by atoms with Crippen LogP contribution in [0.5, 0.6) is 5.75 Å². The first-order chi connectivity index (χ1) is 19.5. The number of anilines is 1. The number of rotatable bonds is 7. The quantitative estimate of drug-likeness (QED) is 0.137. The van der Waals surface area contributed by atoms with Crippen LogP contribution in [0.25, 0.3) is 0 Å². The van der Waals surface area contributed by atoms with Crippen LogP contribution in [-0.2, 0) is 20.5 Å². The fourth-order valence-corrected chi connectivity index (χ4v) is 3.87. The molecule has 0 aliphatic heterocycles. The minimum Gasteiger partial charge on any atom is -0.483 e. The zero-order valence-electron chi connectivity index (χ0n) is 22.6. The van der Waals surface area contributed by atoms with Crippen LogP contribution < -0.4 is 10.1 Å². The predicted molar refractivity (Wildman–Crippen MR) is 144 cm³/mol. The molecule has 220 valence electrons. The molecule has 3 aromatic rings. The SMILES string of the molecule is CC(=O)OC(C)(C)C#Cc1ccc(NC(=O)COc2ccc(Cl)cc2C(=O)c2cc(F)cc(C(F)(F)F)c2)c(C)c1F. The topological polar surface area (TPSA) is 81.7 Å². The third-order valence-electron chi connectivity index (χ3n) is 5.59. The summed E-state index contributed by atoms with van der Waals surface area (Å²) in [6.45, 7) is 5.02. The Morgan fingerprint density at radius 3 is 2.33 bits per heavy atom. The van der Waals surface area contributed by atoms with Crippen molar-refractivity contribution in [2.75, 3.05) is 11.9 Å². The number of nitrogens with one attached hydrogen (secondary N) is 1. The number of alkyl halides is 3. The molecular formula is C30H23ClF5NO5. The molecule has 0 aliphatic rings. The minimum atomic E-state index is -4.90. The summed E-state index contributed by atoms with van der Waals surface area (Å²) in [5.74, 6) is 0.735. The van der Waals surface area contributed by atoms with Crippen molar-refractivity contribution in [3.8, 4) is 17.6 Å². The van der Waals surface area contributed by atoms with E-state index in [-0.39, 0.29) is 39.2 Å². The third kappa shape index (κ3) is 8.30. The summed E-state index contributed by atoms with van der Waals surface area (Å²) in [4.78, 5) is 36.8. The van der Waals surface area contributed by atoms with Crippen molar-refractivity contribution >= 4 is 34.9 Å². The van der Waals surface area contributed by atoms with E-state index in [1.807, 2.05) is 0 Å². The van der Waals surface area contributed by atoms with Gasteiger partial charge in [-0.25, -0.2) is 8.78 Å². The number of amides is 1. The lowest BCUT2D eigenvalue weighted by atomic mass is 10.00. The summed E-state index contributed by atoms with van der Waals surface area (Å²) < 4.78 is 78.7. The number of ether oxygens (including phenoxy) is 2. The largest absolute Gasteiger partial charge is 0.483 e. The number of halogens is 6. The van der Waals surface area contributed by atoms with Gasteiger partial charge in [0.2, 0.25) is 0 Å². The second-order valence-electron chi connectivity index (χ2n) is 9.49. The van der Waals surface area contributed by atoms with Crippen molar-refractivity contribution in [2.24, 2.45) is 0 Å². The van der Waals surface area contributed by atoms with E-state index in [0.717, 1.165) is 6.07 Å². The summed E-state index contributed by atoms with van der Waals surface area (Å²) >= 11 is 5.96. The maximum atomic E-state index is 14.9. The van der Waals surface area contributed by atoms with Gasteiger partial charge in [0.15, 0.2) is 18.0 Å². The van der Waals surface area contributed by atoms with Gasteiger partial charge in [-0.1, -0.05) is 23.4 Å². The average molecular weight is 608 g/mol. The molecule has 0 radical (unpaired) electrons. The van der Waals surface area contributed by atoms with Crippen molar-refractivity contribution in [3.63, 3.8) is 0 Å². The van der Waals surface area contributed by atoms with E-state index in [1.54, 1.807) is 13.8 Å². The van der Waals surface area contributed by atoms with Gasteiger partial charge in [-0.15, -0.1) is 0 Å². The summed E-state index contributed by atoms with van der Waals surface area (Å²) in [5.41, 5.74) is -3.29. The molecule has 3 rings (SSSR count). The van der Waals surface area contributed by atoms with E-state index >= 15 is 0 Å². The smallest absolute Gasteiger partial charge is 0.416 e. The Labute approximate surface area is 242 Å². The highest BCUT2D eigenvalue weighted by atomic mass is 35.5. The van der Waals surface area contributed by atoms with E-state index in [2.05, 4.69) is 17.2 Å². The molecule has 0 spiro atoms. The second kappa shape index (κ2) is 12.6. The fraction of sp³-hybridized carbons (Fsp3) is 0.233. The lowest BCUT2D eigenvalue weighted by Crippen LogP contribution is -2.24. The number of hydrogen-bond donors (Lipinski definition) is 1. The van der Waals surface area contributed by atoms with Gasteiger partial charge in [0.05, 0.1) is 16.7 Å². The summed E-state index contributed by atoms with van der Waals surface area (Å²) in [6, 6.07) is 7.76.